The van der Waals surface area contributed by atoms with E-state index in [0.717, 1.165) is 54.4 Å². The summed E-state index contributed by atoms with van der Waals surface area (Å²) in [7, 11) is 0.134. The third-order valence-electron chi connectivity index (χ3n) is 6.49. The van der Waals surface area contributed by atoms with Gasteiger partial charge in [0.2, 0.25) is 0 Å². The minimum atomic E-state index is -0.173. The van der Waals surface area contributed by atoms with E-state index in [1.165, 1.54) is 0 Å². The van der Waals surface area contributed by atoms with Gasteiger partial charge < -0.3 is 9.84 Å². The van der Waals surface area contributed by atoms with Crippen LogP contribution in [0.3, 0.4) is 0 Å². The number of phenols is 1. The van der Waals surface area contributed by atoms with Crippen molar-refractivity contribution in [1.29, 1.82) is 0 Å². The molecule has 0 aliphatic carbocycles. The number of rotatable bonds is 11. The molecule has 200 valence electrons. The molecule has 0 radical (unpaired) electrons. The van der Waals surface area contributed by atoms with Crippen molar-refractivity contribution in [1.82, 2.24) is 0 Å². The first-order valence-corrected chi connectivity index (χ1v) is 14.9. The number of carbonyl (C=O) groups excluding carboxylic acids is 2. The number of Topliss-reactive ketones (excluding diaryl/α,β-unsaturated/α-hetero) is 1. The fraction of sp³-hybridized carbons (Fsp3) is 0.581. The molecule has 0 spiro atoms. The van der Waals surface area contributed by atoms with Crippen molar-refractivity contribution in [2.75, 3.05) is 6.26 Å². The van der Waals surface area contributed by atoms with Crippen LogP contribution >= 0.6 is 10.5 Å². The van der Waals surface area contributed by atoms with Crippen LogP contribution in [-0.4, -0.2) is 34.6 Å². The molecule has 2 rings (SSSR count). The van der Waals surface area contributed by atoms with Gasteiger partial charge in [-0.15, -0.1) is 0 Å². The Morgan fingerprint density at radius 1 is 0.972 bits per heavy atom. The number of aryl methyl sites for hydroxylation is 1. The number of esters is 1. The second-order valence-electron chi connectivity index (χ2n) is 12.0. The molecule has 0 saturated heterocycles. The summed E-state index contributed by atoms with van der Waals surface area (Å²) in [5.41, 5.74) is 3.53. The summed E-state index contributed by atoms with van der Waals surface area (Å²) in [4.78, 5) is 24.6. The van der Waals surface area contributed by atoms with Crippen LogP contribution in [0.15, 0.2) is 35.3 Å². The van der Waals surface area contributed by atoms with E-state index in [-0.39, 0.29) is 39.2 Å². The molecule has 0 saturated carbocycles. The van der Waals surface area contributed by atoms with Crippen molar-refractivity contribution in [3.8, 4) is 5.75 Å². The molecular formula is C31H46O4S. The minimum Gasteiger partial charge on any atom is -0.507 e. The third-order valence-corrected chi connectivity index (χ3v) is 7.62. The number of benzene rings is 1. The lowest BCUT2D eigenvalue weighted by atomic mass is 9.78. The zero-order valence-corrected chi connectivity index (χ0v) is 24.4. The van der Waals surface area contributed by atoms with Gasteiger partial charge in [0.15, 0.2) is 5.78 Å². The highest BCUT2D eigenvalue weighted by Gasteiger charge is 2.26. The number of allylic oxidation sites excluding steroid dienone is 3. The lowest BCUT2D eigenvalue weighted by Gasteiger charge is -2.28. The average molecular weight is 515 g/mol. The van der Waals surface area contributed by atoms with E-state index in [4.69, 9.17) is 4.74 Å². The van der Waals surface area contributed by atoms with Gasteiger partial charge in [0.1, 0.15) is 5.75 Å². The molecule has 1 heterocycles. The van der Waals surface area contributed by atoms with Crippen LogP contribution in [0.2, 0.25) is 0 Å². The van der Waals surface area contributed by atoms with E-state index in [9.17, 15) is 14.7 Å². The molecule has 0 bridgehead atoms. The van der Waals surface area contributed by atoms with Gasteiger partial charge in [0.05, 0.1) is 6.10 Å². The maximum absolute atomic E-state index is 12.3. The van der Waals surface area contributed by atoms with Crippen molar-refractivity contribution >= 4 is 27.6 Å². The highest BCUT2D eigenvalue weighted by molar-refractivity contribution is 8.17. The highest BCUT2D eigenvalue weighted by Crippen LogP contribution is 2.40. The summed E-state index contributed by atoms with van der Waals surface area (Å²) < 4.78 is 5.65. The van der Waals surface area contributed by atoms with Crippen molar-refractivity contribution in [3.05, 3.63) is 52.0 Å². The van der Waals surface area contributed by atoms with Crippen LogP contribution in [0.4, 0.5) is 0 Å². The molecule has 4 nitrogen and oxygen atoms in total. The van der Waals surface area contributed by atoms with Crippen molar-refractivity contribution < 1.29 is 19.4 Å². The summed E-state index contributed by atoms with van der Waals surface area (Å²) >= 11 is 0. The molecule has 1 aliphatic heterocycles. The monoisotopic (exact) mass is 514 g/mol. The maximum Gasteiger partial charge on any atom is 0.306 e. The molecule has 0 amide bonds. The summed E-state index contributed by atoms with van der Waals surface area (Å²) in [5.74, 6) is 0.391. The van der Waals surface area contributed by atoms with E-state index in [0.29, 0.717) is 18.6 Å². The first-order valence-electron chi connectivity index (χ1n) is 13.1. The number of hydrogen-bond donors (Lipinski definition) is 1. The first-order chi connectivity index (χ1) is 16.7. The third kappa shape index (κ3) is 9.38. The van der Waals surface area contributed by atoms with E-state index in [1.54, 1.807) is 0 Å². The summed E-state index contributed by atoms with van der Waals surface area (Å²) in [6.45, 7) is 14.6. The number of carbonyl (C=O) groups is 2. The number of unbranched alkanes of at least 4 members (excludes halogenated alkanes) is 2. The smallest absolute Gasteiger partial charge is 0.306 e. The molecule has 1 aromatic carbocycles. The summed E-state index contributed by atoms with van der Waals surface area (Å²) in [5, 5.41) is 15.0. The Labute approximate surface area is 221 Å². The predicted octanol–water partition coefficient (Wildman–Crippen LogP) is 7.53. The van der Waals surface area contributed by atoms with Gasteiger partial charge in [-0.1, -0.05) is 60.1 Å². The highest BCUT2D eigenvalue weighted by atomic mass is 32.2. The molecule has 1 aromatic rings. The van der Waals surface area contributed by atoms with Gasteiger partial charge in [0, 0.05) is 18.4 Å². The van der Waals surface area contributed by atoms with Gasteiger partial charge >= 0.3 is 5.97 Å². The standard InChI is InChI=1S/C31H46O4S/c1-22(14-15-23-20-25(30(2,3)4)29(34)26(21-23)31(5,6)7)35-28(33)13-11-9-10-12-27(32)24-16-18-36(8)19-17-24/h16-22,34H,9-15H2,1-8H3. The molecule has 5 heteroatoms. The van der Waals surface area contributed by atoms with Crippen LogP contribution in [0, 0.1) is 0 Å². The van der Waals surface area contributed by atoms with Gasteiger partial charge in [-0.05, 0) is 89.3 Å². The average Bonchev–Trinajstić information content (AvgIpc) is 2.76. The number of hydrogen-bond acceptors (Lipinski definition) is 4. The fourth-order valence-electron chi connectivity index (χ4n) is 4.22. The second kappa shape index (κ2) is 12.9. The minimum absolute atomic E-state index is 0.134. The lowest BCUT2D eigenvalue weighted by molar-refractivity contribution is -0.148. The lowest BCUT2D eigenvalue weighted by Crippen LogP contribution is -2.19. The molecule has 0 aromatic heterocycles. The van der Waals surface area contributed by atoms with E-state index >= 15 is 0 Å². The Morgan fingerprint density at radius 2 is 1.56 bits per heavy atom. The molecule has 2 atom stereocenters. The van der Waals surface area contributed by atoms with Crippen LogP contribution in [0.25, 0.3) is 0 Å². The largest absolute Gasteiger partial charge is 0.507 e. The zero-order valence-electron chi connectivity index (χ0n) is 23.6. The molecular weight excluding hydrogens is 468 g/mol. The number of ether oxygens (including phenoxy) is 1. The number of phenolic OH excluding ortho intramolecular Hbond substituents is 1. The van der Waals surface area contributed by atoms with Crippen molar-refractivity contribution in [3.63, 3.8) is 0 Å². The first kappa shape index (κ1) is 30.1. The zero-order chi connectivity index (χ0) is 27.1. The Bertz CT molecular complexity index is 997. The predicted molar refractivity (Wildman–Crippen MR) is 154 cm³/mol. The maximum atomic E-state index is 12.3. The summed E-state index contributed by atoms with van der Waals surface area (Å²) in [6, 6.07) is 4.19. The van der Waals surface area contributed by atoms with Crippen molar-refractivity contribution in [2.45, 2.75) is 110 Å². The van der Waals surface area contributed by atoms with Gasteiger partial charge in [-0.25, -0.2) is 0 Å². The number of ketones is 1. The number of aromatic hydroxyl groups is 1. The molecule has 36 heavy (non-hydrogen) atoms. The molecule has 0 fully saturated rings. The van der Waals surface area contributed by atoms with Gasteiger partial charge in [-0.2, -0.15) is 10.5 Å². The molecule has 1 N–H and O–H groups in total. The molecule has 2 unspecified atom stereocenters. The van der Waals surface area contributed by atoms with Crippen LogP contribution < -0.4 is 0 Å². The SMILES string of the molecule is CC(CCc1cc(C(C)(C)C)c(O)c(C(C)(C)C)c1)OC(=O)CCCCCC(=O)C1=CC=S(C)C=C1. The van der Waals surface area contributed by atoms with Gasteiger partial charge in [-0.3, -0.25) is 9.59 Å². The van der Waals surface area contributed by atoms with E-state index in [2.05, 4.69) is 70.7 Å². The second-order valence-corrected chi connectivity index (χ2v) is 13.8. The Morgan fingerprint density at radius 3 is 2.08 bits per heavy atom. The summed E-state index contributed by atoms with van der Waals surface area (Å²) in [6.07, 6.45) is 10.6. The van der Waals surface area contributed by atoms with Crippen LogP contribution in [0.5, 0.6) is 5.75 Å². The van der Waals surface area contributed by atoms with Crippen molar-refractivity contribution in [2.24, 2.45) is 0 Å². The normalized spacial score (nSPS) is 16.8. The van der Waals surface area contributed by atoms with Crippen LogP contribution in [0.1, 0.15) is 104 Å². The topological polar surface area (TPSA) is 63.6 Å². The Kier molecular flexibility index (Phi) is 10.8. The van der Waals surface area contributed by atoms with Gasteiger partial charge in [0.25, 0.3) is 0 Å². The Hall–Kier alpha value is -2.14. The van der Waals surface area contributed by atoms with E-state index < -0.39 is 0 Å². The van der Waals surface area contributed by atoms with E-state index in [1.807, 2.05) is 19.1 Å². The Balaban J connectivity index is 1.79. The quantitative estimate of drug-likeness (QED) is 0.188. The fourth-order valence-corrected chi connectivity index (χ4v) is 5.03. The van der Waals surface area contributed by atoms with Crippen LogP contribution in [-0.2, 0) is 31.6 Å². The molecule has 1 aliphatic rings.